The van der Waals surface area contributed by atoms with Crippen molar-refractivity contribution in [3.05, 3.63) is 52.8 Å². The molecule has 112 valence electrons. The van der Waals surface area contributed by atoms with E-state index in [-0.39, 0.29) is 9.52 Å². The molecule has 2 aliphatic carbocycles. The van der Waals surface area contributed by atoms with Gasteiger partial charge in [-0.15, -0.1) is 0 Å². The average Bonchev–Trinajstić information content (AvgIpc) is 2.91. The Hall–Kier alpha value is -1.08. The van der Waals surface area contributed by atoms with Crippen molar-refractivity contribution in [1.82, 2.24) is 0 Å². The second-order valence-corrected chi connectivity index (χ2v) is 8.86. The van der Waals surface area contributed by atoms with Crippen molar-refractivity contribution in [1.29, 1.82) is 0 Å². The van der Waals surface area contributed by atoms with Crippen LogP contribution >= 0.6 is 0 Å². The molecule has 1 fully saturated rings. The summed E-state index contributed by atoms with van der Waals surface area (Å²) in [5, 5.41) is 3.42. The molecule has 0 aromatic heterocycles. The van der Waals surface area contributed by atoms with Gasteiger partial charge >= 0.3 is 0 Å². The highest BCUT2D eigenvalue weighted by Crippen LogP contribution is 2.35. The Balaban J connectivity index is 1.61. The van der Waals surface area contributed by atoms with Crippen LogP contribution in [0, 0.1) is 5.92 Å². The first-order valence-corrected chi connectivity index (χ1v) is 10.2. The predicted octanol–water partition coefficient (Wildman–Crippen LogP) is 4.45. The molecule has 1 heteroatoms. The monoisotopic (exact) mass is 296 g/mol. The Morgan fingerprint density at radius 2 is 1.81 bits per heavy atom. The van der Waals surface area contributed by atoms with Crippen LogP contribution in [0.25, 0.3) is 0 Å². The second kappa shape index (κ2) is 7.26. The molecule has 0 atom stereocenters. The van der Waals surface area contributed by atoms with Crippen molar-refractivity contribution in [3.8, 4) is 0 Å². The van der Waals surface area contributed by atoms with Crippen LogP contribution in [0.3, 0.4) is 0 Å². The van der Waals surface area contributed by atoms with Crippen LogP contribution in [0.5, 0.6) is 0 Å². The minimum absolute atomic E-state index is 0.235. The number of allylic oxidation sites excluding steroid dienone is 4. The molecule has 0 N–H and O–H groups in total. The van der Waals surface area contributed by atoms with Crippen molar-refractivity contribution >= 4 is 14.7 Å². The number of hydrogen-bond acceptors (Lipinski definition) is 0. The fourth-order valence-corrected chi connectivity index (χ4v) is 6.08. The van der Waals surface area contributed by atoms with Crippen molar-refractivity contribution in [3.63, 3.8) is 0 Å². The van der Waals surface area contributed by atoms with E-state index < -0.39 is 0 Å². The minimum Gasteiger partial charge on any atom is -0.0755 e. The van der Waals surface area contributed by atoms with E-state index in [1.807, 2.05) is 5.20 Å². The van der Waals surface area contributed by atoms with E-state index in [0.717, 1.165) is 5.92 Å². The van der Waals surface area contributed by atoms with Crippen LogP contribution in [-0.2, 0) is 0 Å². The Morgan fingerprint density at radius 3 is 2.52 bits per heavy atom. The van der Waals surface area contributed by atoms with Gasteiger partial charge in [-0.1, -0.05) is 97.0 Å². The summed E-state index contributed by atoms with van der Waals surface area (Å²) in [6, 6.07) is 11.2. The Kier molecular flexibility index (Phi) is 5.13. The zero-order chi connectivity index (χ0) is 14.5. The van der Waals surface area contributed by atoms with Crippen molar-refractivity contribution in [2.75, 3.05) is 0 Å². The lowest BCUT2D eigenvalue weighted by Gasteiger charge is -2.22. The third kappa shape index (κ3) is 3.97. The maximum Gasteiger partial charge on any atom is 0.0832 e. The summed E-state index contributed by atoms with van der Waals surface area (Å²) in [7, 11) is -0.235. The number of hydrogen-bond donors (Lipinski definition) is 0. The van der Waals surface area contributed by atoms with Crippen molar-refractivity contribution in [2.45, 2.75) is 58.3 Å². The van der Waals surface area contributed by atoms with Crippen LogP contribution in [0.1, 0.15) is 58.3 Å². The van der Waals surface area contributed by atoms with Gasteiger partial charge in [0.05, 0.1) is 9.52 Å². The molecule has 1 saturated carbocycles. The molecule has 0 bridgehead atoms. The molecule has 1 aromatic carbocycles. The summed E-state index contributed by atoms with van der Waals surface area (Å²) in [5.74, 6) is 0.987. The first-order chi connectivity index (χ1) is 10.3. The maximum atomic E-state index is 2.57. The molecule has 0 amide bonds. The highest BCUT2D eigenvalue weighted by Gasteiger charge is 2.20. The molecule has 0 spiro atoms. The average molecular weight is 297 g/mol. The van der Waals surface area contributed by atoms with Crippen LogP contribution < -0.4 is 5.19 Å². The number of rotatable bonds is 5. The van der Waals surface area contributed by atoms with E-state index in [1.165, 1.54) is 51.4 Å². The van der Waals surface area contributed by atoms with E-state index in [4.69, 9.17) is 0 Å². The smallest absolute Gasteiger partial charge is 0.0755 e. The van der Waals surface area contributed by atoms with Gasteiger partial charge < -0.3 is 0 Å². The lowest BCUT2D eigenvalue weighted by atomic mass is 9.84. The van der Waals surface area contributed by atoms with Crippen LogP contribution in [-0.4, -0.2) is 9.52 Å². The highest BCUT2D eigenvalue weighted by molar-refractivity contribution is 6.61. The maximum absolute atomic E-state index is 2.57. The summed E-state index contributed by atoms with van der Waals surface area (Å²) in [5.41, 5.74) is 3.42. The summed E-state index contributed by atoms with van der Waals surface area (Å²) < 4.78 is 0. The Morgan fingerprint density at radius 1 is 1.05 bits per heavy atom. The van der Waals surface area contributed by atoms with Crippen molar-refractivity contribution in [2.24, 2.45) is 5.92 Å². The van der Waals surface area contributed by atoms with Gasteiger partial charge in [0.15, 0.2) is 0 Å². The molecule has 2 aliphatic rings. The molecule has 0 saturated heterocycles. The second-order valence-electron chi connectivity index (χ2n) is 6.83. The molecule has 21 heavy (non-hydrogen) atoms. The molecule has 0 unspecified atom stereocenters. The Bertz CT molecular complexity index is 518. The third-order valence-electron chi connectivity index (χ3n) is 5.19. The summed E-state index contributed by atoms with van der Waals surface area (Å²) in [6.07, 6.45) is 13.9. The van der Waals surface area contributed by atoms with Gasteiger partial charge in [0.2, 0.25) is 0 Å². The molecular formula is C20H28Si. The van der Waals surface area contributed by atoms with Gasteiger partial charge in [-0.25, -0.2) is 0 Å². The molecular weight excluding hydrogens is 268 g/mol. The van der Waals surface area contributed by atoms with Crippen LogP contribution in [0.15, 0.2) is 52.8 Å². The molecule has 0 heterocycles. The molecule has 3 rings (SSSR count). The standard InChI is InChI=1S/C20H28Si/c1-2-18-14-17(13-16-9-5-3-6-10-16)15-20(18)21-19-11-7-4-8-12-19/h4,7-8,11-12,14,16H,2-3,5-6,9-10,13,15,21H2,1H3. The molecule has 0 nitrogen and oxygen atoms in total. The van der Waals surface area contributed by atoms with Gasteiger partial charge in [-0.2, -0.15) is 0 Å². The normalized spacial score (nSPS) is 20.5. The molecule has 1 aromatic rings. The lowest BCUT2D eigenvalue weighted by Crippen LogP contribution is -2.16. The molecule has 0 aliphatic heterocycles. The SMILES string of the molecule is CCC1=C([SiH2]c2ccccc2)CC(CC2CCCCC2)=C1. The zero-order valence-electron chi connectivity index (χ0n) is 13.4. The van der Waals surface area contributed by atoms with Gasteiger partial charge in [0.1, 0.15) is 0 Å². The highest BCUT2D eigenvalue weighted by atomic mass is 28.2. The topological polar surface area (TPSA) is 0 Å². The van der Waals surface area contributed by atoms with Gasteiger partial charge in [0.25, 0.3) is 0 Å². The first-order valence-electron chi connectivity index (χ1n) is 8.79. The van der Waals surface area contributed by atoms with Crippen LogP contribution in [0.2, 0.25) is 0 Å². The van der Waals surface area contributed by atoms with Crippen LogP contribution in [0.4, 0.5) is 0 Å². The fraction of sp³-hybridized carbons (Fsp3) is 0.500. The predicted molar refractivity (Wildman–Crippen MR) is 95.8 cm³/mol. The van der Waals surface area contributed by atoms with Gasteiger partial charge in [-0.3, -0.25) is 0 Å². The molecule has 0 radical (unpaired) electrons. The lowest BCUT2D eigenvalue weighted by molar-refractivity contribution is 0.355. The summed E-state index contributed by atoms with van der Waals surface area (Å²) in [6.45, 7) is 2.33. The summed E-state index contributed by atoms with van der Waals surface area (Å²) >= 11 is 0. The minimum atomic E-state index is -0.235. The third-order valence-corrected chi connectivity index (χ3v) is 7.20. The van der Waals surface area contributed by atoms with E-state index >= 15 is 0 Å². The van der Waals surface area contributed by atoms with Gasteiger partial charge in [0, 0.05) is 0 Å². The van der Waals surface area contributed by atoms with E-state index in [0.29, 0.717) is 0 Å². The van der Waals surface area contributed by atoms with Crippen molar-refractivity contribution < 1.29 is 0 Å². The Labute approximate surface area is 132 Å². The van der Waals surface area contributed by atoms with Gasteiger partial charge in [-0.05, 0) is 25.2 Å². The fourth-order valence-electron chi connectivity index (χ4n) is 4.05. The van der Waals surface area contributed by atoms with E-state index in [9.17, 15) is 0 Å². The van der Waals surface area contributed by atoms with E-state index in [2.05, 4.69) is 43.3 Å². The zero-order valence-corrected chi connectivity index (χ0v) is 14.8. The summed E-state index contributed by atoms with van der Waals surface area (Å²) in [4.78, 5) is 0. The van der Waals surface area contributed by atoms with E-state index in [1.54, 1.807) is 16.3 Å². The quantitative estimate of drug-likeness (QED) is 0.704. The first kappa shape index (κ1) is 14.8. The largest absolute Gasteiger partial charge is 0.0832 e. The number of benzene rings is 1.